The number of amidine groups is 1. The number of carbonyl (C=O) groups excluding carboxylic acids is 1. The number of thioether (sulfide) groups is 1. The number of methoxy groups -OCH3 is 1. The van der Waals surface area contributed by atoms with Gasteiger partial charge in [0.15, 0.2) is 5.17 Å². The van der Waals surface area contributed by atoms with Gasteiger partial charge in [-0.25, -0.2) is 4.99 Å². The number of amides is 1. The fraction of sp³-hybridized carbons (Fsp3) is 0.100. The minimum atomic E-state index is -0.210. The predicted molar refractivity (Wildman–Crippen MR) is 114 cm³/mol. The highest BCUT2D eigenvalue weighted by atomic mass is 35.5. The van der Waals surface area contributed by atoms with E-state index in [4.69, 9.17) is 27.9 Å². The van der Waals surface area contributed by atoms with Gasteiger partial charge in [0.25, 0.3) is 5.91 Å². The molecular weight excluding hydrogens is 403 g/mol. The first kappa shape index (κ1) is 19.5. The van der Waals surface area contributed by atoms with E-state index in [1.165, 1.54) is 11.8 Å². The van der Waals surface area contributed by atoms with Gasteiger partial charge in [0.2, 0.25) is 0 Å². The van der Waals surface area contributed by atoms with Crippen molar-refractivity contribution >= 4 is 57.8 Å². The standard InChI is InChI=1S/C20H16Cl2N2O2S/c1-3-5-13-10-12(8-9-16(13)26-2)11-17-19(25)24-20(27-17)23-15-7-4-6-14(21)18(15)22/h3-4,6-11H,1,5H2,2H3,(H,23,24,25)/b17-11-. The van der Waals surface area contributed by atoms with Crippen molar-refractivity contribution in [1.82, 2.24) is 5.32 Å². The van der Waals surface area contributed by atoms with Gasteiger partial charge in [-0.3, -0.25) is 4.79 Å². The van der Waals surface area contributed by atoms with E-state index < -0.39 is 0 Å². The minimum Gasteiger partial charge on any atom is -0.496 e. The Morgan fingerprint density at radius 2 is 2.11 bits per heavy atom. The molecule has 4 nitrogen and oxygen atoms in total. The van der Waals surface area contributed by atoms with Crippen LogP contribution in [0.2, 0.25) is 10.0 Å². The van der Waals surface area contributed by atoms with Gasteiger partial charge in [-0.15, -0.1) is 6.58 Å². The average Bonchev–Trinajstić information content (AvgIpc) is 2.99. The van der Waals surface area contributed by atoms with Crippen LogP contribution in [0.5, 0.6) is 5.75 Å². The third kappa shape index (κ3) is 4.56. The molecule has 0 atom stereocenters. The SMILES string of the molecule is C=CCc1cc(/C=C2\SC(=Nc3cccc(Cl)c3Cl)NC2=O)ccc1OC. The largest absolute Gasteiger partial charge is 0.496 e. The van der Waals surface area contributed by atoms with Crippen LogP contribution in [0.15, 0.2) is 59.0 Å². The molecule has 138 valence electrons. The fourth-order valence-corrected chi connectivity index (χ4v) is 3.70. The molecule has 2 aromatic rings. The number of benzene rings is 2. The molecule has 0 spiro atoms. The van der Waals surface area contributed by atoms with Crippen LogP contribution < -0.4 is 10.1 Å². The maximum Gasteiger partial charge on any atom is 0.264 e. The van der Waals surface area contributed by atoms with Gasteiger partial charge < -0.3 is 10.1 Å². The zero-order valence-corrected chi connectivity index (χ0v) is 16.8. The first-order valence-electron chi connectivity index (χ1n) is 8.03. The van der Waals surface area contributed by atoms with Gasteiger partial charge in [0.05, 0.1) is 27.7 Å². The Bertz CT molecular complexity index is 970. The fourth-order valence-electron chi connectivity index (χ4n) is 2.52. The number of aliphatic imine (C=N–C) groups is 1. The summed E-state index contributed by atoms with van der Waals surface area (Å²) in [5.41, 5.74) is 2.41. The van der Waals surface area contributed by atoms with Crippen LogP contribution in [0.4, 0.5) is 5.69 Å². The topological polar surface area (TPSA) is 50.7 Å². The summed E-state index contributed by atoms with van der Waals surface area (Å²) in [5, 5.41) is 3.96. The first-order valence-corrected chi connectivity index (χ1v) is 9.60. The first-order chi connectivity index (χ1) is 13.0. The van der Waals surface area contributed by atoms with Crippen LogP contribution in [0.1, 0.15) is 11.1 Å². The van der Waals surface area contributed by atoms with Gasteiger partial charge in [-0.05, 0) is 59.7 Å². The summed E-state index contributed by atoms with van der Waals surface area (Å²) >= 11 is 13.4. The maximum absolute atomic E-state index is 12.3. The monoisotopic (exact) mass is 418 g/mol. The molecule has 0 saturated carbocycles. The van der Waals surface area contributed by atoms with Crippen molar-refractivity contribution in [3.63, 3.8) is 0 Å². The molecule has 1 saturated heterocycles. The van der Waals surface area contributed by atoms with E-state index in [1.807, 2.05) is 30.4 Å². The highest BCUT2D eigenvalue weighted by molar-refractivity contribution is 8.18. The van der Waals surface area contributed by atoms with Gasteiger partial charge >= 0.3 is 0 Å². The summed E-state index contributed by atoms with van der Waals surface area (Å²) in [7, 11) is 1.63. The average molecular weight is 419 g/mol. The van der Waals surface area contributed by atoms with Crippen molar-refractivity contribution < 1.29 is 9.53 Å². The summed E-state index contributed by atoms with van der Waals surface area (Å²) in [6.07, 6.45) is 4.30. The molecule has 2 aromatic carbocycles. The number of hydrogen-bond acceptors (Lipinski definition) is 4. The predicted octanol–water partition coefficient (Wildman–Crippen LogP) is 5.62. The third-order valence-corrected chi connectivity index (χ3v) is 5.49. The summed E-state index contributed by atoms with van der Waals surface area (Å²) in [5.74, 6) is 0.580. The normalized spacial score (nSPS) is 16.6. The summed E-state index contributed by atoms with van der Waals surface area (Å²) < 4.78 is 5.35. The van der Waals surface area contributed by atoms with E-state index in [9.17, 15) is 4.79 Å². The Labute approximate surface area is 171 Å². The van der Waals surface area contributed by atoms with Crippen LogP contribution in [-0.2, 0) is 11.2 Å². The van der Waals surface area contributed by atoms with E-state index >= 15 is 0 Å². The lowest BCUT2D eigenvalue weighted by atomic mass is 10.1. The number of rotatable bonds is 5. The Morgan fingerprint density at radius 1 is 1.30 bits per heavy atom. The quantitative estimate of drug-likeness (QED) is 0.505. The summed E-state index contributed by atoms with van der Waals surface area (Å²) in [4.78, 5) is 17.2. The molecule has 0 bridgehead atoms. The zero-order chi connectivity index (χ0) is 19.4. The number of halogens is 2. The number of nitrogens with zero attached hydrogens (tertiary/aromatic N) is 1. The van der Waals surface area contributed by atoms with E-state index in [0.29, 0.717) is 32.2 Å². The Kier molecular flexibility index (Phi) is 6.26. The molecule has 0 unspecified atom stereocenters. The molecule has 27 heavy (non-hydrogen) atoms. The molecular formula is C20H16Cl2N2O2S. The highest BCUT2D eigenvalue weighted by Gasteiger charge is 2.24. The lowest BCUT2D eigenvalue weighted by Crippen LogP contribution is -2.19. The minimum absolute atomic E-state index is 0.210. The number of ether oxygens (including phenoxy) is 1. The van der Waals surface area contributed by atoms with Crippen molar-refractivity contribution in [3.8, 4) is 5.75 Å². The van der Waals surface area contributed by atoms with Gasteiger partial charge in [-0.1, -0.05) is 41.4 Å². The molecule has 0 radical (unpaired) electrons. The Morgan fingerprint density at radius 3 is 2.85 bits per heavy atom. The van der Waals surface area contributed by atoms with E-state index in [2.05, 4.69) is 16.9 Å². The van der Waals surface area contributed by atoms with Crippen molar-refractivity contribution in [2.75, 3.05) is 7.11 Å². The number of carbonyl (C=O) groups is 1. The van der Waals surface area contributed by atoms with Crippen LogP contribution in [0.25, 0.3) is 6.08 Å². The van der Waals surface area contributed by atoms with Gasteiger partial charge in [0.1, 0.15) is 5.75 Å². The zero-order valence-electron chi connectivity index (χ0n) is 14.5. The summed E-state index contributed by atoms with van der Waals surface area (Å²) in [6.45, 7) is 3.76. The Hall–Kier alpha value is -2.21. The van der Waals surface area contributed by atoms with Crippen molar-refractivity contribution in [2.45, 2.75) is 6.42 Å². The number of hydrogen-bond donors (Lipinski definition) is 1. The molecule has 1 amide bonds. The molecule has 0 aromatic heterocycles. The van der Waals surface area contributed by atoms with Gasteiger partial charge in [-0.2, -0.15) is 0 Å². The second kappa shape index (κ2) is 8.65. The maximum atomic E-state index is 12.3. The van der Waals surface area contributed by atoms with Crippen molar-refractivity contribution in [2.24, 2.45) is 4.99 Å². The lowest BCUT2D eigenvalue weighted by Gasteiger charge is -2.07. The second-order valence-corrected chi connectivity index (χ2v) is 7.43. The number of nitrogens with one attached hydrogen (secondary N) is 1. The molecule has 1 N–H and O–H groups in total. The van der Waals surface area contributed by atoms with Crippen molar-refractivity contribution in [3.05, 3.63) is 75.1 Å². The van der Waals surface area contributed by atoms with Crippen LogP contribution in [0, 0.1) is 0 Å². The van der Waals surface area contributed by atoms with Gasteiger partial charge in [0, 0.05) is 0 Å². The molecule has 1 fully saturated rings. The molecule has 0 aliphatic carbocycles. The molecule has 7 heteroatoms. The smallest absolute Gasteiger partial charge is 0.264 e. The third-order valence-electron chi connectivity index (χ3n) is 3.77. The van der Waals surface area contributed by atoms with E-state index in [0.717, 1.165) is 16.9 Å². The molecule has 3 rings (SSSR count). The lowest BCUT2D eigenvalue weighted by molar-refractivity contribution is -0.115. The molecule has 1 heterocycles. The number of allylic oxidation sites excluding steroid dienone is 1. The molecule has 1 aliphatic rings. The van der Waals surface area contributed by atoms with Crippen LogP contribution in [0.3, 0.4) is 0 Å². The van der Waals surface area contributed by atoms with E-state index in [-0.39, 0.29) is 5.91 Å². The Balaban J connectivity index is 1.87. The van der Waals surface area contributed by atoms with Crippen LogP contribution >= 0.6 is 35.0 Å². The van der Waals surface area contributed by atoms with E-state index in [1.54, 1.807) is 25.3 Å². The van der Waals surface area contributed by atoms with Crippen LogP contribution in [-0.4, -0.2) is 18.2 Å². The highest BCUT2D eigenvalue weighted by Crippen LogP contribution is 2.34. The summed E-state index contributed by atoms with van der Waals surface area (Å²) in [6, 6.07) is 10.9. The second-order valence-electron chi connectivity index (χ2n) is 5.62. The van der Waals surface area contributed by atoms with Crippen molar-refractivity contribution in [1.29, 1.82) is 0 Å². The molecule has 1 aliphatic heterocycles.